The molecule has 0 aliphatic heterocycles. The number of thiazole rings is 1. The van der Waals surface area contributed by atoms with Gasteiger partial charge in [0.2, 0.25) is 5.71 Å². The first-order valence-electron chi connectivity index (χ1n) is 6.07. The molecule has 0 saturated carbocycles. The summed E-state index contributed by atoms with van der Waals surface area (Å²) < 4.78 is 9.54. The number of nitrogens with one attached hydrogen (secondary N) is 1. The van der Waals surface area contributed by atoms with Gasteiger partial charge in [0.05, 0.1) is 13.7 Å². The number of carbonyl (C=O) groups is 2. The Hall–Kier alpha value is -2.16. The van der Waals surface area contributed by atoms with Gasteiger partial charge in [-0.3, -0.25) is 5.32 Å². The van der Waals surface area contributed by atoms with Crippen molar-refractivity contribution >= 4 is 34.2 Å². The molecule has 0 aliphatic carbocycles. The molecule has 0 unspecified atom stereocenters. The number of anilines is 1. The van der Waals surface area contributed by atoms with Gasteiger partial charge in [0.25, 0.3) is 0 Å². The molecule has 0 spiro atoms. The molecule has 0 fully saturated rings. The van der Waals surface area contributed by atoms with E-state index >= 15 is 0 Å². The monoisotopic (exact) mass is 315 g/mol. The highest BCUT2D eigenvalue weighted by Crippen LogP contribution is 2.17. The summed E-state index contributed by atoms with van der Waals surface area (Å²) in [6.45, 7) is 4.17. The minimum Gasteiger partial charge on any atom is -0.464 e. The van der Waals surface area contributed by atoms with Gasteiger partial charge in [-0.25, -0.2) is 14.6 Å². The number of carbonyl (C=O) groups excluding carboxylic acids is 2. The van der Waals surface area contributed by atoms with Crippen molar-refractivity contribution in [2.45, 2.75) is 13.8 Å². The molecule has 0 aliphatic rings. The lowest BCUT2D eigenvalue weighted by atomic mass is 10.2. The van der Waals surface area contributed by atoms with Crippen molar-refractivity contribution in [3.05, 3.63) is 11.1 Å². The largest absolute Gasteiger partial charge is 0.464 e. The van der Waals surface area contributed by atoms with E-state index in [4.69, 9.17) is 4.74 Å². The maximum atomic E-state index is 11.5. The van der Waals surface area contributed by atoms with Crippen LogP contribution in [0.25, 0.3) is 0 Å². The molecule has 0 radical (unpaired) electrons. The molecule has 0 atom stereocenters. The zero-order valence-electron chi connectivity index (χ0n) is 12.2. The van der Waals surface area contributed by atoms with Crippen molar-refractivity contribution in [3.8, 4) is 0 Å². The van der Waals surface area contributed by atoms with Crippen molar-refractivity contribution in [2.75, 3.05) is 26.1 Å². The van der Waals surface area contributed by atoms with Gasteiger partial charge in [-0.1, -0.05) is 19.0 Å². The number of methoxy groups -OCH3 is 1. The van der Waals surface area contributed by atoms with Gasteiger partial charge in [-0.05, 0) is 5.92 Å². The van der Waals surface area contributed by atoms with Crippen molar-refractivity contribution in [1.82, 2.24) is 4.98 Å². The van der Waals surface area contributed by atoms with E-state index in [1.54, 1.807) is 5.38 Å². The minimum atomic E-state index is -0.684. The summed E-state index contributed by atoms with van der Waals surface area (Å²) in [5, 5.41) is 7.86. The lowest BCUT2D eigenvalue weighted by molar-refractivity contribution is -0.132. The number of hydrogen-bond donors (Lipinski definition) is 1. The van der Waals surface area contributed by atoms with Crippen LogP contribution in [-0.4, -0.2) is 43.6 Å². The van der Waals surface area contributed by atoms with Crippen LogP contribution < -0.4 is 5.32 Å². The van der Waals surface area contributed by atoms with E-state index in [9.17, 15) is 9.59 Å². The lowest BCUT2D eigenvalue weighted by Crippen LogP contribution is -2.19. The third-order valence-corrected chi connectivity index (χ3v) is 2.82. The lowest BCUT2D eigenvalue weighted by Gasteiger charge is -2.06. The van der Waals surface area contributed by atoms with Crippen LogP contribution in [-0.2, 0) is 19.1 Å². The second-order valence-electron chi connectivity index (χ2n) is 4.27. The Bertz CT molecular complexity index is 527. The smallest absolute Gasteiger partial charge is 0.413 e. The average molecular weight is 315 g/mol. The van der Waals surface area contributed by atoms with Crippen LogP contribution in [0.4, 0.5) is 9.93 Å². The van der Waals surface area contributed by atoms with E-state index in [1.165, 1.54) is 14.2 Å². The summed E-state index contributed by atoms with van der Waals surface area (Å²) in [7, 11) is 2.53. The summed E-state index contributed by atoms with van der Waals surface area (Å²) in [4.78, 5) is 31.7. The number of oxime groups is 1. The molecule has 1 aromatic heterocycles. The second-order valence-corrected chi connectivity index (χ2v) is 5.13. The molecule has 8 nitrogen and oxygen atoms in total. The number of amides is 1. The first-order chi connectivity index (χ1) is 9.97. The van der Waals surface area contributed by atoms with E-state index < -0.39 is 12.1 Å². The molecule has 0 saturated heterocycles. The fraction of sp³-hybridized carbons (Fsp3) is 0.500. The van der Waals surface area contributed by atoms with Crippen molar-refractivity contribution in [3.63, 3.8) is 0 Å². The Morgan fingerprint density at radius 3 is 2.71 bits per heavy atom. The van der Waals surface area contributed by atoms with Crippen LogP contribution >= 0.6 is 11.3 Å². The Morgan fingerprint density at radius 1 is 1.43 bits per heavy atom. The third kappa shape index (κ3) is 5.38. The molecular formula is C12H17N3O5S. The summed E-state index contributed by atoms with van der Waals surface area (Å²) >= 11 is 1.13. The molecule has 0 bridgehead atoms. The summed E-state index contributed by atoms with van der Waals surface area (Å²) in [5.41, 5.74) is 0.160. The molecule has 116 valence electrons. The van der Waals surface area contributed by atoms with E-state index in [1.807, 2.05) is 13.8 Å². The van der Waals surface area contributed by atoms with Gasteiger partial charge >= 0.3 is 12.1 Å². The van der Waals surface area contributed by atoms with E-state index in [2.05, 4.69) is 25.0 Å². The number of ether oxygens (including phenoxy) is 2. The molecule has 1 heterocycles. The first-order valence-corrected chi connectivity index (χ1v) is 6.95. The Morgan fingerprint density at radius 2 is 2.14 bits per heavy atom. The van der Waals surface area contributed by atoms with Crippen LogP contribution in [0, 0.1) is 5.92 Å². The fourth-order valence-corrected chi connectivity index (χ4v) is 1.86. The zero-order chi connectivity index (χ0) is 15.8. The maximum Gasteiger partial charge on any atom is 0.413 e. The zero-order valence-corrected chi connectivity index (χ0v) is 13.0. The summed E-state index contributed by atoms with van der Waals surface area (Å²) in [6.07, 6.45) is -0.604. The SMILES string of the molecule is CON=C(C(=O)OC)c1csc(NC(=O)OCC(C)C)n1. The highest BCUT2D eigenvalue weighted by Gasteiger charge is 2.20. The van der Waals surface area contributed by atoms with E-state index in [-0.39, 0.29) is 22.5 Å². The summed E-state index contributed by atoms with van der Waals surface area (Å²) in [6, 6.07) is 0. The second kappa shape index (κ2) is 8.20. The molecule has 1 rings (SSSR count). The van der Waals surface area contributed by atoms with Crippen LogP contribution in [0.5, 0.6) is 0 Å². The third-order valence-electron chi connectivity index (χ3n) is 2.06. The van der Waals surface area contributed by atoms with Gasteiger partial charge in [-0.15, -0.1) is 11.3 Å². The number of nitrogens with zero attached hydrogens (tertiary/aromatic N) is 2. The van der Waals surface area contributed by atoms with Gasteiger partial charge in [0, 0.05) is 5.38 Å². The Kier molecular flexibility index (Phi) is 6.60. The Balaban J connectivity index is 2.73. The first kappa shape index (κ1) is 16.9. The van der Waals surface area contributed by atoms with Gasteiger partial charge in [0.15, 0.2) is 5.13 Å². The molecule has 9 heteroatoms. The molecule has 1 amide bonds. The van der Waals surface area contributed by atoms with Crippen molar-refractivity contribution < 1.29 is 23.9 Å². The highest BCUT2D eigenvalue weighted by atomic mass is 32.1. The number of hydrogen-bond acceptors (Lipinski definition) is 8. The number of aromatic nitrogens is 1. The van der Waals surface area contributed by atoms with Crippen LogP contribution in [0.1, 0.15) is 19.5 Å². The predicted molar refractivity (Wildman–Crippen MR) is 77.5 cm³/mol. The van der Waals surface area contributed by atoms with Gasteiger partial charge in [-0.2, -0.15) is 0 Å². The highest BCUT2D eigenvalue weighted by molar-refractivity contribution is 7.14. The van der Waals surface area contributed by atoms with E-state index in [0.29, 0.717) is 6.61 Å². The van der Waals surface area contributed by atoms with E-state index in [0.717, 1.165) is 11.3 Å². The van der Waals surface area contributed by atoms with Crippen molar-refractivity contribution in [1.29, 1.82) is 0 Å². The standard InChI is InChI=1S/C12H17N3O5S/c1-7(2)5-20-12(17)14-11-13-8(6-21-11)9(15-19-4)10(16)18-3/h6-7H,5H2,1-4H3,(H,13,14,17). The Labute approximate surface area is 126 Å². The van der Waals surface area contributed by atoms with Crippen LogP contribution in [0.3, 0.4) is 0 Å². The van der Waals surface area contributed by atoms with Crippen molar-refractivity contribution in [2.24, 2.45) is 11.1 Å². The fourth-order valence-electron chi connectivity index (χ4n) is 1.18. The molecule has 1 aromatic rings. The quantitative estimate of drug-likeness (QED) is 0.489. The molecular weight excluding hydrogens is 298 g/mol. The average Bonchev–Trinajstić information content (AvgIpc) is 2.89. The van der Waals surface area contributed by atoms with Gasteiger partial charge in [0.1, 0.15) is 12.8 Å². The number of rotatable bonds is 6. The number of esters is 1. The van der Waals surface area contributed by atoms with Crippen LogP contribution in [0.2, 0.25) is 0 Å². The van der Waals surface area contributed by atoms with Crippen LogP contribution in [0.15, 0.2) is 10.5 Å². The molecule has 0 aromatic carbocycles. The maximum absolute atomic E-state index is 11.5. The predicted octanol–water partition coefficient (Wildman–Crippen LogP) is 1.87. The molecule has 21 heavy (non-hydrogen) atoms. The summed E-state index contributed by atoms with van der Waals surface area (Å²) in [5.74, 6) is -0.446. The topological polar surface area (TPSA) is 99.1 Å². The normalized spacial score (nSPS) is 11.2. The minimum absolute atomic E-state index is 0.0835. The van der Waals surface area contributed by atoms with Gasteiger partial charge < -0.3 is 14.3 Å². The molecule has 1 N–H and O–H groups in total.